The first-order valence-corrected chi connectivity index (χ1v) is 5.74. The van der Waals surface area contributed by atoms with Crippen LogP contribution in [0.1, 0.15) is 24.0 Å². The quantitative estimate of drug-likeness (QED) is 0.765. The van der Waals surface area contributed by atoms with E-state index in [1.165, 1.54) is 0 Å². The van der Waals surface area contributed by atoms with Crippen LogP contribution in [0.3, 0.4) is 0 Å². The molecule has 0 atom stereocenters. The van der Waals surface area contributed by atoms with Crippen molar-refractivity contribution in [1.29, 1.82) is 0 Å². The number of anilines is 1. The zero-order valence-electron chi connectivity index (χ0n) is 9.90. The monoisotopic (exact) mass is 235 g/mol. The summed E-state index contributed by atoms with van der Waals surface area (Å²) < 4.78 is 5.26. The van der Waals surface area contributed by atoms with Gasteiger partial charge in [-0.15, -0.1) is 0 Å². The molecule has 1 heterocycles. The lowest BCUT2D eigenvalue weighted by atomic mass is 9.73. The van der Waals surface area contributed by atoms with E-state index in [-0.39, 0.29) is 0 Å². The summed E-state index contributed by atoms with van der Waals surface area (Å²) in [7, 11) is 0. The molecule has 4 heteroatoms. The minimum atomic E-state index is -0.881. The van der Waals surface area contributed by atoms with Crippen LogP contribution in [0.4, 0.5) is 5.69 Å². The Hall–Kier alpha value is -1.55. The van der Waals surface area contributed by atoms with E-state index >= 15 is 0 Å². The van der Waals surface area contributed by atoms with Gasteiger partial charge in [0.2, 0.25) is 0 Å². The number of carboxylic acids is 1. The lowest BCUT2D eigenvalue weighted by molar-refractivity contribution is -0.147. The van der Waals surface area contributed by atoms with Crippen molar-refractivity contribution in [2.45, 2.75) is 25.2 Å². The molecule has 0 spiro atoms. The number of carboxylic acid groups (broad SMARTS) is 1. The van der Waals surface area contributed by atoms with Crippen molar-refractivity contribution < 1.29 is 14.6 Å². The molecule has 0 unspecified atom stereocenters. The lowest BCUT2D eigenvalue weighted by Crippen LogP contribution is -2.41. The summed E-state index contributed by atoms with van der Waals surface area (Å²) >= 11 is 0. The second-order valence-electron chi connectivity index (χ2n) is 4.59. The standard InChI is InChI=1S/C13H17NO3/c1-9-2-3-11(14)10(8-9)13(12(15)16)4-6-17-7-5-13/h2-3,8H,4-7,14H2,1H3,(H,15,16). The van der Waals surface area contributed by atoms with E-state index < -0.39 is 11.4 Å². The predicted molar refractivity (Wildman–Crippen MR) is 65.0 cm³/mol. The maximum absolute atomic E-state index is 11.6. The molecular formula is C13H17NO3. The molecule has 1 fully saturated rings. The second kappa shape index (κ2) is 4.37. The Morgan fingerprint density at radius 1 is 1.41 bits per heavy atom. The number of aliphatic carboxylic acids is 1. The number of ether oxygens (including phenoxy) is 1. The second-order valence-corrected chi connectivity index (χ2v) is 4.59. The third kappa shape index (κ3) is 2.00. The van der Waals surface area contributed by atoms with Gasteiger partial charge in [-0.1, -0.05) is 17.7 Å². The van der Waals surface area contributed by atoms with Gasteiger partial charge < -0.3 is 15.6 Å². The van der Waals surface area contributed by atoms with Gasteiger partial charge in [-0.05, 0) is 31.4 Å². The molecule has 1 saturated heterocycles. The van der Waals surface area contributed by atoms with Gasteiger partial charge in [-0.25, -0.2) is 0 Å². The van der Waals surface area contributed by atoms with Crippen LogP contribution in [-0.4, -0.2) is 24.3 Å². The van der Waals surface area contributed by atoms with Crippen LogP contribution >= 0.6 is 0 Å². The van der Waals surface area contributed by atoms with Crippen molar-refractivity contribution >= 4 is 11.7 Å². The fourth-order valence-corrected chi connectivity index (χ4v) is 2.40. The van der Waals surface area contributed by atoms with Gasteiger partial charge in [0.1, 0.15) is 0 Å². The molecule has 92 valence electrons. The minimum absolute atomic E-state index is 0.472. The van der Waals surface area contributed by atoms with Crippen LogP contribution in [0.5, 0.6) is 0 Å². The molecule has 1 aliphatic rings. The Balaban J connectivity index is 2.52. The molecule has 1 aromatic rings. The maximum atomic E-state index is 11.6. The van der Waals surface area contributed by atoms with E-state index in [9.17, 15) is 9.90 Å². The molecule has 3 N–H and O–H groups in total. The Morgan fingerprint density at radius 2 is 2.06 bits per heavy atom. The van der Waals surface area contributed by atoms with Crippen LogP contribution in [0.2, 0.25) is 0 Å². The molecular weight excluding hydrogens is 218 g/mol. The fraction of sp³-hybridized carbons (Fsp3) is 0.462. The summed E-state index contributed by atoms with van der Waals surface area (Å²) in [6.07, 6.45) is 0.964. The average Bonchev–Trinajstić information content (AvgIpc) is 2.33. The first-order valence-electron chi connectivity index (χ1n) is 5.74. The van der Waals surface area contributed by atoms with Crippen LogP contribution in [0.15, 0.2) is 18.2 Å². The number of rotatable bonds is 2. The number of nitrogens with two attached hydrogens (primary N) is 1. The maximum Gasteiger partial charge on any atom is 0.314 e. The molecule has 0 aromatic heterocycles. The Kier molecular flexibility index (Phi) is 3.07. The van der Waals surface area contributed by atoms with E-state index in [0.717, 1.165) is 11.1 Å². The largest absolute Gasteiger partial charge is 0.481 e. The van der Waals surface area contributed by atoms with Gasteiger partial charge in [0.15, 0.2) is 0 Å². The summed E-state index contributed by atoms with van der Waals surface area (Å²) in [5.74, 6) is -0.807. The summed E-state index contributed by atoms with van der Waals surface area (Å²) in [5.41, 5.74) is 7.37. The molecule has 1 aromatic carbocycles. The summed E-state index contributed by atoms with van der Waals surface area (Å²) in [6.45, 7) is 2.89. The smallest absolute Gasteiger partial charge is 0.314 e. The zero-order chi connectivity index (χ0) is 12.5. The molecule has 0 aliphatic carbocycles. The third-order valence-electron chi connectivity index (χ3n) is 3.48. The SMILES string of the molecule is Cc1ccc(N)c(C2(C(=O)O)CCOCC2)c1. The van der Waals surface area contributed by atoms with E-state index in [1.54, 1.807) is 6.07 Å². The predicted octanol–water partition coefficient (Wildman–Crippen LogP) is 1.71. The molecule has 4 nitrogen and oxygen atoms in total. The molecule has 0 bridgehead atoms. The van der Waals surface area contributed by atoms with Gasteiger partial charge >= 0.3 is 5.97 Å². The zero-order valence-corrected chi connectivity index (χ0v) is 9.90. The van der Waals surface area contributed by atoms with Gasteiger partial charge in [-0.2, -0.15) is 0 Å². The van der Waals surface area contributed by atoms with E-state index in [0.29, 0.717) is 31.7 Å². The van der Waals surface area contributed by atoms with Gasteiger partial charge in [0.05, 0.1) is 5.41 Å². The van der Waals surface area contributed by atoms with E-state index in [1.807, 2.05) is 19.1 Å². The molecule has 1 aliphatic heterocycles. The van der Waals surface area contributed by atoms with Crippen molar-refractivity contribution in [2.75, 3.05) is 18.9 Å². The van der Waals surface area contributed by atoms with Crippen molar-refractivity contribution in [2.24, 2.45) is 0 Å². The van der Waals surface area contributed by atoms with Crippen molar-refractivity contribution in [3.8, 4) is 0 Å². The highest BCUT2D eigenvalue weighted by atomic mass is 16.5. The van der Waals surface area contributed by atoms with Gasteiger partial charge in [0.25, 0.3) is 0 Å². The van der Waals surface area contributed by atoms with Crippen LogP contribution < -0.4 is 5.73 Å². The molecule has 17 heavy (non-hydrogen) atoms. The van der Waals surface area contributed by atoms with Crippen molar-refractivity contribution in [1.82, 2.24) is 0 Å². The van der Waals surface area contributed by atoms with Crippen LogP contribution in [-0.2, 0) is 14.9 Å². The molecule has 0 saturated carbocycles. The summed E-state index contributed by atoms with van der Waals surface area (Å²) in [5, 5.41) is 9.55. The van der Waals surface area contributed by atoms with E-state index in [4.69, 9.17) is 10.5 Å². The first kappa shape index (κ1) is 11.9. The average molecular weight is 235 g/mol. The number of aryl methyl sites for hydroxylation is 1. The highest BCUT2D eigenvalue weighted by molar-refractivity contribution is 5.84. The van der Waals surface area contributed by atoms with Gasteiger partial charge in [0, 0.05) is 18.9 Å². The minimum Gasteiger partial charge on any atom is -0.481 e. The fourth-order valence-electron chi connectivity index (χ4n) is 2.40. The summed E-state index contributed by atoms with van der Waals surface area (Å²) in [4.78, 5) is 11.6. The van der Waals surface area contributed by atoms with Crippen LogP contribution in [0, 0.1) is 6.92 Å². The third-order valence-corrected chi connectivity index (χ3v) is 3.48. The highest BCUT2D eigenvalue weighted by Gasteiger charge is 2.43. The Morgan fingerprint density at radius 3 is 2.65 bits per heavy atom. The van der Waals surface area contributed by atoms with Crippen molar-refractivity contribution in [3.05, 3.63) is 29.3 Å². The first-order chi connectivity index (χ1) is 8.06. The number of hydrogen-bond acceptors (Lipinski definition) is 3. The number of carbonyl (C=O) groups is 1. The highest BCUT2D eigenvalue weighted by Crippen LogP contribution is 2.38. The number of benzene rings is 1. The molecule has 0 radical (unpaired) electrons. The number of hydrogen-bond donors (Lipinski definition) is 2. The Labute approximate surface area is 100 Å². The molecule has 2 rings (SSSR count). The Bertz CT molecular complexity index is 436. The van der Waals surface area contributed by atoms with E-state index in [2.05, 4.69) is 0 Å². The summed E-state index contributed by atoms with van der Waals surface area (Å²) in [6, 6.07) is 5.56. The number of nitrogen functional groups attached to an aromatic ring is 1. The lowest BCUT2D eigenvalue weighted by Gasteiger charge is -2.34. The normalized spacial score (nSPS) is 18.9. The van der Waals surface area contributed by atoms with Gasteiger partial charge in [-0.3, -0.25) is 4.79 Å². The molecule has 0 amide bonds. The van der Waals surface area contributed by atoms with Crippen LogP contribution in [0.25, 0.3) is 0 Å². The van der Waals surface area contributed by atoms with Crippen molar-refractivity contribution in [3.63, 3.8) is 0 Å². The topological polar surface area (TPSA) is 72.6 Å².